The van der Waals surface area contributed by atoms with Crippen molar-refractivity contribution in [1.82, 2.24) is 20.6 Å². The molecule has 2 heterocycles. The van der Waals surface area contributed by atoms with Crippen LogP contribution in [0, 0.1) is 12.3 Å². The van der Waals surface area contributed by atoms with Crippen LogP contribution in [0.25, 0.3) is 21.9 Å². The van der Waals surface area contributed by atoms with E-state index in [1.54, 1.807) is 24.7 Å². The highest BCUT2D eigenvalue weighted by molar-refractivity contribution is 6.00. The molecule has 3 rings (SSSR count). The summed E-state index contributed by atoms with van der Waals surface area (Å²) in [5.74, 6) is 2.66. The van der Waals surface area contributed by atoms with Crippen LogP contribution in [0.2, 0.25) is 0 Å². The first kappa shape index (κ1) is 20.6. The molecule has 0 unspecified atom stereocenters. The van der Waals surface area contributed by atoms with Gasteiger partial charge in [0.25, 0.3) is 0 Å². The van der Waals surface area contributed by atoms with Crippen molar-refractivity contribution in [2.24, 2.45) is 0 Å². The Morgan fingerprint density at radius 2 is 2.03 bits per heavy atom. The minimum atomic E-state index is -0.597. The number of terminal acetylenes is 1. The van der Waals surface area contributed by atoms with Gasteiger partial charge in [0.1, 0.15) is 5.82 Å². The van der Waals surface area contributed by atoms with Crippen molar-refractivity contribution in [2.45, 2.75) is 13.5 Å². The standard InChI is InChI=1S/C22H21N5O3/c1-3-10-30-22(29)26-13-16-7-8-17(15-6-5-9-23-12-15)18-11-20(25-14-19(16)18)27-21(28)24-4-2/h1,5-9,11-12,14H,4,10,13H2,2H3,(H,26,29)(H2,24,25,27,28). The molecule has 0 saturated heterocycles. The number of nitrogens with zero attached hydrogens (tertiary/aromatic N) is 2. The lowest BCUT2D eigenvalue weighted by molar-refractivity contribution is 0.159. The quantitative estimate of drug-likeness (QED) is 0.548. The third kappa shape index (κ3) is 5.02. The molecule has 30 heavy (non-hydrogen) atoms. The zero-order valence-corrected chi connectivity index (χ0v) is 16.4. The van der Waals surface area contributed by atoms with Crippen LogP contribution >= 0.6 is 0 Å². The summed E-state index contributed by atoms with van der Waals surface area (Å²) in [6.45, 7) is 2.48. The fourth-order valence-electron chi connectivity index (χ4n) is 2.94. The lowest BCUT2D eigenvalue weighted by Gasteiger charge is -2.14. The number of anilines is 1. The molecular weight excluding hydrogens is 382 g/mol. The predicted octanol–water partition coefficient (Wildman–Crippen LogP) is 3.30. The molecule has 0 atom stereocenters. The number of amides is 3. The van der Waals surface area contributed by atoms with Gasteiger partial charge in [0.15, 0.2) is 6.61 Å². The van der Waals surface area contributed by atoms with Crippen molar-refractivity contribution >= 4 is 28.7 Å². The van der Waals surface area contributed by atoms with E-state index in [9.17, 15) is 9.59 Å². The molecule has 2 aromatic heterocycles. The normalized spacial score (nSPS) is 10.1. The average Bonchev–Trinajstić information content (AvgIpc) is 2.76. The number of pyridine rings is 2. The minimum Gasteiger partial charge on any atom is -0.436 e. The van der Waals surface area contributed by atoms with Gasteiger partial charge >= 0.3 is 12.1 Å². The fraction of sp³-hybridized carbons (Fsp3) is 0.182. The minimum absolute atomic E-state index is 0.0943. The van der Waals surface area contributed by atoms with E-state index in [0.717, 1.165) is 27.5 Å². The average molecular weight is 403 g/mol. The highest BCUT2D eigenvalue weighted by Gasteiger charge is 2.12. The summed E-state index contributed by atoms with van der Waals surface area (Å²) in [7, 11) is 0. The lowest BCUT2D eigenvalue weighted by Crippen LogP contribution is -2.28. The Morgan fingerprint density at radius 3 is 2.77 bits per heavy atom. The van der Waals surface area contributed by atoms with E-state index in [0.29, 0.717) is 12.4 Å². The van der Waals surface area contributed by atoms with Crippen molar-refractivity contribution in [1.29, 1.82) is 0 Å². The Bertz CT molecular complexity index is 1090. The molecule has 0 aliphatic rings. The summed E-state index contributed by atoms with van der Waals surface area (Å²) in [5, 5.41) is 9.76. The Morgan fingerprint density at radius 1 is 1.17 bits per heavy atom. The van der Waals surface area contributed by atoms with Crippen LogP contribution in [-0.2, 0) is 11.3 Å². The molecule has 0 saturated carbocycles. The van der Waals surface area contributed by atoms with Crippen LogP contribution in [0.5, 0.6) is 0 Å². The smallest absolute Gasteiger partial charge is 0.408 e. The van der Waals surface area contributed by atoms with Crippen LogP contribution in [-0.4, -0.2) is 35.2 Å². The van der Waals surface area contributed by atoms with Gasteiger partial charge in [0.05, 0.1) is 0 Å². The topological polar surface area (TPSA) is 105 Å². The summed E-state index contributed by atoms with van der Waals surface area (Å²) in [6.07, 6.45) is 9.63. The molecule has 0 aliphatic heterocycles. The Hall–Kier alpha value is -4.12. The first-order valence-corrected chi connectivity index (χ1v) is 9.33. The van der Waals surface area contributed by atoms with Gasteiger partial charge in [-0.25, -0.2) is 14.6 Å². The van der Waals surface area contributed by atoms with Crippen LogP contribution in [0.4, 0.5) is 15.4 Å². The number of hydrogen-bond acceptors (Lipinski definition) is 5. The number of nitrogens with one attached hydrogen (secondary N) is 3. The Kier molecular flexibility index (Phi) is 6.79. The van der Waals surface area contributed by atoms with E-state index in [1.807, 2.05) is 31.2 Å². The van der Waals surface area contributed by atoms with Gasteiger partial charge in [-0.2, -0.15) is 0 Å². The van der Waals surface area contributed by atoms with E-state index in [2.05, 4.69) is 31.8 Å². The van der Waals surface area contributed by atoms with E-state index >= 15 is 0 Å². The fourth-order valence-corrected chi connectivity index (χ4v) is 2.94. The van der Waals surface area contributed by atoms with Gasteiger partial charge in [-0.15, -0.1) is 6.42 Å². The van der Waals surface area contributed by atoms with Gasteiger partial charge in [-0.3, -0.25) is 10.3 Å². The number of carbonyl (C=O) groups excluding carboxylic acids is 2. The lowest BCUT2D eigenvalue weighted by atomic mass is 9.97. The molecule has 0 radical (unpaired) electrons. The second-order valence-corrected chi connectivity index (χ2v) is 6.25. The maximum absolute atomic E-state index is 11.9. The summed E-state index contributed by atoms with van der Waals surface area (Å²) >= 11 is 0. The van der Waals surface area contributed by atoms with Crippen molar-refractivity contribution in [3.05, 3.63) is 54.5 Å². The highest BCUT2D eigenvalue weighted by atomic mass is 16.5. The summed E-state index contributed by atoms with van der Waals surface area (Å²) in [6, 6.07) is 9.12. The molecule has 0 bridgehead atoms. The van der Waals surface area contributed by atoms with E-state index in [-0.39, 0.29) is 19.2 Å². The Balaban J connectivity index is 1.98. The number of fused-ring (bicyclic) bond motifs is 1. The molecule has 3 N–H and O–H groups in total. The van der Waals surface area contributed by atoms with E-state index in [1.165, 1.54) is 0 Å². The molecule has 0 aliphatic carbocycles. The van der Waals surface area contributed by atoms with Crippen LogP contribution in [0.1, 0.15) is 12.5 Å². The zero-order chi connectivity index (χ0) is 21.3. The number of carbonyl (C=O) groups is 2. The third-order valence-electron chi connectivity index (χ3n) is 4.25. The van der Waals surface area contributed by atoms with Crippen LogP contribution < -0.4 is 16.0 Å². The molecule has 8 heteroatoms. The zero-order valence-electron chi connectivity index (χ0n) is 16.4. The summed E-state index contributed by atoms with van der Waals surface area (Å²) in [5.41, 5.74) is 2.69. The van der Waals surface area contributed by atoms with Crippen molar-refractivity contribution < 1.29 is 14.3 Å². The van der Waals surface area contributed by atoms with E-state index in [4.69, 9.17) is 11.2 Å². The third-order valence-corrected chi connectivity index (χ3v) is 4.25. The molecule has 152 valence electrons. The van der Waals surface area contributed by atoms with E-state index < -0.39 is 6.09 Å². The van der Waals surface area contributed by atoms with Gasteiger partial charge in [-0.1, -0.05) is 24.1 Å². The maximum atomic E-state index is 11.9. The second kappa shape index (κ2) is 9.89. The summed E-state index contributed by atoms with van der Waals surface area (Å²) in [4.78, 5) is 32.1. The first-order chi connectivity index (χ1) is 14.6. The molecule has 3 amide bonds. The molecule has 0 spiro atoms. The number of benzene rings is 1. The highest BCUT2D eigenvalue weighted by Crippen LogP contribution is 2.31. The number of rotatable bonds is 6. The number of urea groups is 1. The van der Waals surface area contributed by atoms with Crippen LogP contribution in [0.15, 0.2) is 48.9 Å². The monoisotopic (exact) mass is 403 g/mol. The first-order valence-electron chi connectivity index (χ1n) is 9.33. The van der Waals surface area contributed by atoms with Crippen LogP contribution in [0.3, 0.4) is 0 Å². The van der Waals surface area contributed by atoms with Gasteiger partial charge in [0.2, 0.25) is 0 Å². The number of ether oxygens (including phenoxy) is 1. The van der Waals surface area contributed by atoms with Gasteiger partial charge in [-0.05, 0) is 35.6 Å². The molecule has 3 aromatic rings. The SMILES string of the molecule is C#CCOC(=O)NCc1ccc(-c2cccnc2)c2cc(NC(=O)NCC)ncc12. The van der Waals surface area contributed by atoms with Crippen molar-refractivity contribution in [3.8, 4) is 23.5 Å². The molecular formula is C22H21N5O3. The van der Waals surface area contributed by atoms with Crippen molar-refractivity contribution in [2.75, 3.05) is 18.5 Å². The number of alkyl carbamates (subject to hydrolysis) is 1. The summed E-state index contributed by atoms with van der Waals surface area (Å²) < 4.78 is 4.84. The molecule has 0 fully saturated rings. The number of aromatic nitrogens is 2. The molecule has 1 aromatic carbocycles. The second-order valence-electron chi connectivity index (χ2n) is 6.25. The van der Waals surface area contributed by atoms with Crippen molar-refractivity contribution in [3.63, 3.8) is 0 Å². The number of hydrogen-bond donors (Lipinski definition) is 3. The van der Waals surface area contributed by atoms with Gasteiger partial charge in [0, 0.05) is 42.6 Å². The molecule has 8 nitrogen and oxygen atoms in total. The van der Waals surface area contributed by atoms with Gasteiger partial charge < -0.3 is 15.4 Å². The predicted molar refractivity (Wildman–Crippen MR) is 115 cm³/mol. The Labute approximate surface area is 174 Å². The maximum Gasteiger partial charge on any atom is 0.408 e. The largest absolute Gasteiger partial charge is 0.436 e.